The fourth-order valence-electron chi connectivity index (χ4n) is 7.86. The van der Waals surface area contributed by atoms with Crippen molar-refractivity contribution in [1.82, 2.24) is 0 Å². The molecule has 2 heteroatoms. The summed E-state index contributed by atoms with van der Waals surface area (Å²) in [6.07, 6.45) is 0. The molecule has 10 rings (SSSR count). The quantitative estimate of drug-likeness (QED) is 0.156. The first kappa shape index (κ1) is 33.2. The van der Waals surface area contributed by atoms with Gasteiger partial charge in [-0.15, -0.1) is 0 Å². The number of benzene rings is 9. The third-order valence-electron chi connectivity index (χ3n) is 10.7. The highest BCUT2D eigenvalue weighted by Crippen LogP contribution is 2.42. The molecule has 0 fully saturated rings. The molecule has 0 amide bonds. The zero-order chi connectivity index (χ0) is 37.3. The van der Waals surface area contributed by atoms with Gasteiger partial charge in [-0.2, -0.15) is 0 Å². The van der Waals surface area contributed by atoms with Crippen molar-refractivity contribution in [2.45, 2.75) is 0 Å². The summed E-state index contributed by atoms with van der Waals surface area (Å²) in [4.78, 5) is 2.34. The molecule has 1 heterocycles. The largest absolute Gasteiger partial charge is 0.455 e. The number of fused-ring (bicyclic) bond motifs is 2. The molecule has 0 aliphatic heterocycles. The molecule has 264 valence electrons. The average Bonchev–Trinajstić information content (AvgIpc) is 3.68. The van der Waals surface area contributed by atoms with Crippen LogP contribution in [0.25, 0.3) is 77.6 Å². The van der Waals surface area contributed by atoms with Gasteiger partial charge in [-0.3, -0.25) is 0 Å². The summed E-state index contributed by atoms with van der Waals surface area (Å²) in [7, 11) is 0. The second-order valence-electron chi connectivity index (χ2n) is 14.2. The first-order chi connectivity index (χ1) is 27.7. The Morgan fingerprint density at radius 1 is 0.286 bits per heavy atom. The maximum atomic E-state index is 6.57. The Morgan fingerprint density at radius 3 is 1.39 bits per heavy atom. The van der Waals surface area contributed by atoms with Crippen LogP contribution in [0.4, 0.5) is 17.1 Å². The molecule has 0 aliphatic rings. The Morgan fingerprint density at radius 2 is 0.750 bits per heavy atom. The van der Waals surface area contributed by atoms with Crippen molar-refractivity contribution in [3.05, 3.63) is 224 Å². The number of anilines is 3. The van der Waals surface area contributed by atoms with Crippen LogP contribution in [0.2, 0.25) is 0 Å². The number of furan rings is 1. The van der Waals surface area contributed by atoms with E-state index in [0.717, 1.165) is 61.6 Å². The zero-order valence-electron chi connectivity index (χ0n) is 30.7. The van der Waals surface area contributed by atoms with E-state index in [9.17, 15) is 0 Å². The van der Waals surface area contributed by atoms with E-state index in [-0.39, 0.29) is 0 Å². The van der Waals surface area contributed by atoms with Gasteiger partial charge in [0.25, 0.3) is 0 Å². The van der Waals surface area contributed by atoms with E-state index in [1.165, 1.54) is 33.0 Å². The Hall–Kier alpha value is -7.42. The summed E-state index contributed by atoms with van der Waals surface area (Å²) >= 11 is 0. The van der Waals surface area contributed by atoms with Gasteiger partial charge in [-0.25, -0.2) is 0 Å². The molecule has 56 heavy (non-hydrogen) atoms. The number of hydrogen-bond donors (Lipinski definition) is 0. The Kier molecular flexibility index (Phi) is 8.55. The average molecular weight is 716 g/mol. The second kappa shape index (κ2) is 14.4. The second-order valence-corrected chi connectivity index (χ2v) is 14.2. The molecule has 9 aromatic carbocycles. The van der Waals surface area contributed by atoms with Gasteiger partial charge in [-0.05, 0) is 104 Å². The normalized spacial score (nSPS) is 11.2. The molecule has 0 saturated carbocycles. The fourth-order valence-corrected chi connectivity index (χ4v) is 7.86. The molecule has 0 saturated heterocycles. The highest BCUT2D eigenvalue weighted by Gasteiger charge is 2.19. The van der Waals surface area contributed by atoms with Crippen LogP contribution in [0.5, 0.6) is 0 Å². The molecular formula is C54H37NO. The molecule has 0 atom stereocenters. The van der Waals surface area contributed by atoms with Crippen LogP contribution in [0.15, 0.2) is 229 Å². The summed E-state index contributed by atoms with van der Waals surface area (Å²) in [5.74, 6) is 0.883. The highest BCUT2D eigenvalue weighted by atomic mass is 16.3. The van der Waals surface area contributed by atoms with Crippen molar-refractivity contribution < 1.29 is 4.42 Å². The predicted octanol–water partition coefficient (Wildman–Crippen LogP) is 15.4. The maximum absolute atomic E-state index is 6.57. The van der Waals surface area contributed by atoms with Crippen LogP contribution in [0.3, 0.4) is 0 Å². The van der Waals surface area contributed by atoms with E-state index in [1.807, 2.05) is 12.1 Å². The van der Waals surface area contributed by atoms with Crippen molar-refractivity contribution in [3.63, 3.8) is 0 Å². The molecular weight excluding hydrogens is 679 g/mol. The lowest BCUT2D eigenvalue weighted by atomic mass is 9.96. The molecule has 0 unspecified atom stereocenters. The molecule has 0 N–H and O–H groups in total. The molecule has 10 aromatic rings. The van der Waals surface area contributed by atoms with E-state index in [1.54, 1.807) is 0 Å². The fraction of sp³-hybridized carbons (Fsp3) is 0. The van der Waals surface area contributed by atoms with Gasteiger partial charge in [0.1, 0.15) is 11.3 Å². The van der Waals surface area contributed by atoms with Gasteiger partial charge < -0.3 is 9.32 Å². The summed E-state index contributed by atoms with van der Waals surface area (Å²) < 4.78 is 6.57. The minimum Gasteiger partial charge on any atom is -0.455 e. The van der Waals surface area contributed by atoms with Gasteiger partial charge >= 0.3 is 0 Å². The molecule has 0 bridgehead atoms. The van der Waals surface area contributed by atoms with Gasteiger partial charge in [-0.1, -0.05) is 170 Å². The number of para-hydroxylation sites is 1. The van der Waals surface area contributed by atoms with E-state index in [4.69, 9.17) is 4.42 Å². The van der Waals surface area contributed by atoms with Crippen LogP contribution >= 0.6 is 0 Å². The predicted molar refractivity (Wildman–Crippen MR) is 236 cm³/mol. The van der Waals surface area contributed by atoms with Crippen molar-refractivity contribution >= 4 is 38.8 Å². The summed E-state index contributed by atoms with van der Waals surface area (Å²) in [5.41, 5.74) is 14.6. The van der Waals surface area contributed by atoms with Crippen molar-refractivity contribution in [1.29, 1.82) is 0 Å². The lowest BCUT2D eigenvalue weighted by Crippen LogP contribution is -2.09. The van der Waals surface area contributed by atoms with Gasteiger partial charge in [0.15, 0.2) is 0 Å². The van der Waals surface area contributed by atoms with E-state index >= 15 is 0 Å². The standard InChI is InChI=1S/C54H37NO/c1-3-13-38(14-4-1)43-19-11-20-44(35-43)40-25-30-48(31-26-40)55(50-34-29-39-15-7-8-18-46(39)37-50)49-32-27-41(28-33-49)45-21-12-22-47(36-45)54-53(42-16-5-2-6-17-42)51-23-9-10-24-52(51)56-54/h1-37H. The summed E-state index contributed by atoms with van der Waals surface area (Å²) in [6, 6.07) is 79.9. The maximum Gasteiger partial charge on any atom is 0.143 e. The summed E-state index contributed by atoms with van der Waals surface area (Å²) in [5, 5.41) is 3.55. The van der Waals surface area contributed by atoms with E-state index in [0.29, 0.717) is 0 Å². The van der Waals surface area contributed by atoms with Crippen molar-refractivity contribution in [2.75, 3.05) is 4.90 Å². The Balaban J connectivity index is 1.01. The summed E-state index contributed by atoms with van der Waals surface area (Å²) in [6.45, 7) is 0. The van der Waals surface area contributed by atoms with Crippen LogP contribution in [0.1, 0.15) is 0 Å². The van der Waals surface area contributed by atoms with Crippen LogP contribution in [0, 0.1) is 0 Å². The third-order valence-corrected chi connectivity index (χ3v) is 10.7. The van der Waals surface area contributed by atoms with Crippen LogP contribution < -0.4 is 4.90 Å². The van der Waals surface area contributed by atoms with Crippen LogP contribution in [-0.2, 0) is 0 Å². The van der Waals surface area contributed by atoms with E-state index < -0.39 is 0 Å². The van der Waals surface area contributed by atoms with Gasteiger partial charge in [0.05, 0.1) is 0 Å². The first-order valence-electron chi connectivity index (χ1n) is 19.1. The smallest absolute Gasteiger partial charge is 0.143 e. The number of rotatable bonds is 8. The minimum absolute atomic E-state index is 0.883. The van der Waals surface area contributed by atoms with Crippen molar-refractivity contribution in [3.8, 4) is 55.8 Å². The van der Waals surface area contributed by atoms with Gasteiger partial charge in [0, 0.05) is 33.6 Å². The number of hydrogen-bond acceptors (Lipinski definition) is 2. The van der Waals surface area contributed by atoms with Crippen molar-refractivity contribution in [2.24, 2.45) is 0 Å². The molecule has 1 aromatic heterocycles. The lowest BCUT2D eigenvalue weighted by molar-refractivity contribution is 0.632. The Labute approximate surface area is 327 Å². The van der Waals surface area contributed by atoms with Crippen LogP contribution in [-0.4, -0.2) is 0 Å². The molecule has 0 radical (unpaired) electrons. The third kappa shape index (κ3) is 6.34. The molecule has 2 nitrogen and oxygen atoms in total. The van der Waals surface area contributed by atoms with Gasteiger partial charge in [0.2, 0.25) is 0 Å². The molecule has 0 aliphatic carbocycles. The minimum atomic E-state index is 0.883. The first-order valence-corrected chi connectivity index (χ1v) is 19.1. The number of nitrogens with zero attached hydrogens (tertiary/aromatic N) is 1. The molecule has 0 spiro atoms. The SMILES string of the molecule is c1ccc(-c2cccc(-c3ccc(N(c4ccc(-c5cccc(-c6oc7ccccc7c6-c6ccccc6)c5)cc4)c4ccc5ccccc5c4)cc3)c2)cc1. The zero-order valence-corrected chi connectivity index (χ0v) is 30.7. The highest BCUT2D eigenvalue weighted by molar-refractivity contribution is 6.02. The monoisotopic (exact) mass is 715 g/mol. The lowest BCUT2D eigenvalue weighted by Gasteiger charge is -2.26. The Bertz CT molecular complexity index is 2940. The topological polar surface area (TPSA) is 16.4 Å². The van der Waals surface area contributed by atoms with E-state index in [2.05, 4.69) is 217 Å².